The summed E-state index contributed by atoms with van der Waals surface area (Å²) in [5, 5.41) is 0. The Balaban J connectivity index is 1.38. The van der Waals surface area contributed by atoms with Crippen LogP contribution in [0, 0.1) is 11.8 Å². The van der Waals surface area contributed by atoms with Crippen LogP contribution in [-0.4, -0.2) is 62.5 Å². The first-order valence-electron chi connectivity index (χ1n) is 9.78. The van der Waals surface area contributed by atoms with Crippen molar-refractivity contribution in [3.8, 4) is 0 Å². The van der Waals surface area contributed by atoms with Gasteiger partial charge in [0.25, 0.3) is 0 Å². The quantitative estimate of drug-likeness (QED) is 0.638. The molecule has 2 heterocycles. The van der Waals surface area contributed by atoms with Gasteiger partial charge in [-0.25, -0.2) is 0 Å². The van der Waals surface area contributed by atoms with E-state index in [1.165, 1.54) is 12.8 Å². The van der Waals surface area contributed by atoms with Crippen LogP contribution in [0.25, 0.3) is 0 Å². The second-order valence-electron chi connectivity index (χ2n) is 7.72. The SMILES string of the molecule is CCOCC(=O)N1CCC2(CC1)CC(CCOCC1CC1)CCO2. The highest BCUT2D eigenvalue weighted by molar-refractivity contribution is 5.77. The average molecular weight is 339 g/mol. The van der Waals surface area contributed by atoms with Gasteiger partial charge in [0.2, 0.25) is 5.91 Å². The van der Waals surface area contributed by atoms with E-state index in [9.17, 15) is 4.79 Å². The molecule has 138 valence electrons. The molecule has 0 aromatic heterocycles. The Kier molecular flexibility index (Phi) is 6.53. The lowest BCUT2D eigenvalue weighted by molar-refractivity contribution is -0.151. The van der Waals surface area contributed by atoms with Gasteiger partial charge in [-0.15, -0.1) is 0 Å². The van der Waals surface area contributed by atoms with Gasteiger partial charge in [0.15, 0.2) is 0 Å². The van der Waals surface area contributed by atoms with Crippen LogP contribution in [0.3, 0.4) is 0 Å². The Morgan fingerprint density at radius 3 is 2.67 bits per heavy atom. The molecule has 1 atom stereocenters. The molecule has 3 fully saturated rings. The summed E-state index contributed by atoms with van der Waals surface area (Å²) in [7, 11) is 0. The summed E-state index contributed by atoms with van der Waals surface area (Å²) in [6.45, 7) is 7.06. The number of nitrogens with zero attached hydrogens (tertiary/aromatic N) is 1. The van der Waals surface area contributed by atoms with Crippen molar-refractivity contribution < 1.29 is 19.0 Å². The first kappa shape index (κ1) is 18.2. The predicted octanol–water partition coefficient (Wildman–Crippen LogP) is 2.63. The highest BCUT2D eigenvalue weighted by Gasteiger charge is 2.40. The van der Waals surface area contributed by atoms with Crippen molar-refractivity contribution in [1.82, 2.24) is 4.90 Å². The smallest absolute Gasteiger partial charge is 0.248 e. The molecule has 2 saturated heterocycles. The van der Waals surface area contributed by atoms with Gasteiger partial charge in [0.1, 0.15) is 6.61 Å². The van der Waals surface area contributed by atoms with Crippen LogP contribution in [0.15, 0.2) is 0 Å². The molecule has 3 aliphatic rings. The molecule has 5 nitrogen and oxygen atoms in total. The minimum Gasteiger partial charge on any atom is -0.381 e. The largest absolute Gasteiger partial charge is 0.381 e. The molecule has 1 aliphatic carbocycles. The molecular formula is C19H33NO4. The maximum atomic E-state index is 12.1. The van der Waals surface area contributed by atoms with Gasteiger partial charge in [-0.1, -0.05) is 0 Å². The van der Waals surface area contributed by atoms with Crippen LogP contribution < -0.4 is 0 Å². The first-order chi connectivity index (χ1) is 11.7. The van der Waals surface area contributed by atoms with Crippen molar-refractivity contribution in [2.24, 2.45) is 11.8 Å². The minimum absolute atomic E-state index is 0.00179. The normalized spacial score (nSPS) is 26.7. The maximum Gasteiger partial charge on any atom is 0.248 e. The molecule has 0 aromatic rings. The van der Waals surface area contributed by atoms with Gasteiger partial charge < -0.3 is 19.1 Å². The Hall–Kier alpha value is -0.650. The lowest BCUT2D eigenvalue weighted by atomic mass is 9.78. The molecule has 2 aliphatic heterocycles. The standard InChI is InChI=1S/C19H33NO4/c1-2-22-15-18(21)20-9-7-19(8-10-20)13-16(6-12-24-19)5-11-23-14-17-3-4-17/h16-17H,2-15H2,1H3. The summed E-state index contributed by atoms with van der Waals surface area (Å²) in [4.78, 5) is 14.0. The van der Waals surface area contributed by atoms with Crippen LogP contribution in [0.1, 0.15) is 51.9 Å². The summed E-state index contributed by atoms with van der Waals surface area (Å²) in [6, 6.07) is 0. The highest BCUT2D eigenvalue weighted by Crippen LogP contribution is 2.39. The number of carbonyl (C=O) groups excluding carboxylic acids is 1. The van der Waals surface area contributed by atoms with Crippen LogP contribution in [-0.2, 0) is 19.0 Å². The second-order valence-corrected chi connectivity index (χ2v) is 7.72. The van der Waals surface area contributed by atoms with Crippen molar-refractivity contribution in [3.05, 3.63) is 0 Å². The summed E-state index contributed by atoms with van der Waals surface area (Å²) >= 11 is 0. The summed E-state index contributed by atoms with van der Waals surface area (Å²) < 4.78 is 17.2. The third kappa shape index (κ3) is 5.17. The zero-order chi connectivity index (χ0) is 16.8. The van der Waals surface area contributed by atoms with Crippen molar-refractivity contribution in [2.45, 2.75) is 57.5 Å². The number of rotatable bonds is 8. The van der Waals surface area contributed by atoms with Crippen LogP contribution in [0.2, 0.25) is 0 Å². The van der Waals surface area contributed by atoms with E-state index >= 15 is 0 Å². The van der Waals surface area contributed by atoms with Crippen LogP contribution in [0.5, 0.6) is 0 Å². The number of carbonyl (C=O) groups is 1. The Bertz CT molecular complexity index is 402. The predicted molar refractivity (Wildman–Crippen MR) is 91.9 cm³/mol. The molecule has 0 bridgehead atoms. The number of piperidine rings is 1. The van der Waals surface area contributed by atoms with Crippen molar-refractivity contribution in [3.63, 3.8) is 0 Å². The molecule has 1 amide bonds. The maximum absolute atomic E-state index is 12.1. The van der Waals surface area contributed by atoms with Gasteiger partial charge in [0.05, 0.1) is 5.60 Å². The van der Waals surface area contributed by atoms with Crippen molar-refractivity contribution >= 4 is 5.91 Å². The molecule has 1 unspecified atom stereocenters. The minimum atomic E-state index is 0.00179. The van der Waals surface area contributed by atoms with E-state index in [4.69, 9.17) is 14.2 Å². The molecule has 0 radical (unpaired) electrons. The van der Waals surface area contributed by atoms with E-state index in [1.807, 2.05) is 11.8 Å². The van der Waals surface area contributed by atoms with E-state index < -0.39 is 0 Å². The molecular weight excluding hydrogens is 306 g/mol. The Labute approximate surface area is 146 Å². The summed E-state index contributed by atoms with van der Waals surface area (Å²) in [5.74, 6) is 1.68. The monoisotopic (exact) mass is 339 g/mol. The number of amides is 1. The van der Waals surface area contributed by atoms with Crippen LogP contribution in [0.4, 0.5) is 0 Å². The van der Waals surface area contributed by atoms with Gasteiger partial charge in [0, 0.05) is 39.5 Å². The second kappa shape index (κ2) is 8.63. The molecule has 5 heteroatoms. The first-order valence-corrected chi connectivity index (χ1v) is 9.78. The zero-order valence-electron chi connectivity index (χ0n) is 15.1. The average Bonchev–Trinajstić information content (AvgIpc) is 3.42. The summed E-state index contributed by atoms with van der Waals surface area (Å²) in [6.07, 6.45) is 8.09. The fourth-order valence-corrected chi connectivity index (χ4v) is 3.95. The summed E-state index contributed by atoms with van der Waals surface area (Å²) in [5.41, 5.74) is 0.00179. The molecule has 0 N–H and O–H groups in total. The van der Waals surface area contributed by atoms with Gasteiger partial charge >= 0.3 is 0 Å². The fourth-order valence-electron chi connectivity index (χ4n) is 3.95. The van der Waals surface area contributed by atoms with Gasteiger partial charge in [-0.2, -0.15) is 0 Å². The number of hydrogen-bond acceptors (Lipinski definition) is 4. The fraction of sp³-hybridized carbons (Fsp3) is 0.947. The van der Waals surface area contributed by atoms with Gasteiger partial charge in [-0.05, 0) is 63.7 Å². The molecule has 1 saturated carbocycles. The lowest BCUT2D eigenvalue weighted by Gasteiger charge is -2.46. The van der Waals surface area contributed by atoms with Crippen molar-refractivity contribution in [2.75, 3.05) is 46.1 Å². The third-order valence-corrected chi connectivity index (χ3v) is 5.77. The third-order valence-electron chi connectivity index (χ3n) is 5.77. The number of ether oxygens (including phenoxy) is 3. The highest BCUT2D eigenvalue weighted by atomic mass is 16.5. The van der Waals surface area contributed by atoms with E-state index in [0.29, 0.717) is 12.5 Å². The van der Waals surface area contributed by atoms with Gasteiger partial charge in [-0.3, -0.25) is 4.79 Å². The topological polar surface area (TPSA) is 48.0 Å². The number of likely N-dealkylation sites (tertiary alicyclic amines) is 1. The van der Waals surface area contributed by atoms with E-state index in [1.54, 1.807) is 0 Å². The zero-order valence-corrected chi connectivity index (χ0v) is 15.1. The molecule has 1 spiro atoms. The Morgan fingerprint density at radius 2 is 1.96 bits per heavy atom. The van der Waals surface area contributed by atoms with Crippen molar-refractivity contribution in [1.29, 1.82) is 0 Å². The lowest BCUT2D eigenvalue weighted by Crippen LogP contribution is -2.51. The molecule has 3 rings (SSSR count). The van der Waals surface area contributed by atoms with Crippen LogP contribution >= 0.6 is 0 Å². The van der Waals surface area contributed by atoms with E-state index in [-0.39, 0.29) is 18.1 Å². The van der Waals surface area contributed by atoms with E-state index in [2.05, 4.69) is 0 Å². The Morgan fingerprint density at radius 1 is 1.17 bits per heavy atom. The number of hydrogen-bond donors (Lipinski definition) is 0. The molecule has 24 heavy (non-hydrogen) atoms. The molecule has 0 aromatic carbocycles. The van der Waals surface area contributed by atoms with E-state index in [0.717, 1.165) is 70.9 Å².